The van der Waals surface area contributed by atoms with Crippen LogP contribution in [0.3, 0.4) is 0 Å². The number of nitrogens with zero attached hydrogens (tertiary/aromatic N) is 3. The summed E-state index contributed by atoms with van der Waals surface area (Å²) < 4.78 is 13.5. The van der Waals surface area contributed by atoms with Gasteiger partial charge < -0.3 is 20.4 Å². The highest BCUT2D eigenvalue weighted by Crippen LogP contribution is 2.23. The number of piperidine rings is 1. The maximum Gasteiger partial charge on any atom is 0.142 e. The van der Waals surface area contributed by atoms with E-state index in [1.165, 1.54) is 18.5 Å². The van der Waals surface area contributed by atoms with Crippen LogP contribution in [0.15, 0.2) is 30.6 Å². The quantitative estimate of drug-likeness (QED) is 0.714. The maximum absolute atomic E-state index is 13.5. The van der Waals surface area contributed by atoms with Crippen molar-refractivity contribution >= 4 is 23.2 Å². The lowest BCUT2D eigenvalue weighted by Crippen LogP contribution is -2.37. The molecule has 1 aromatic heterocycles. The number of anilines is 2. The van der Waals surface area contributed by atoms with Crippen molar-refractivity contribution in [2.24, 2.45) is 5.92 Å². The van der Waals surface area contributed by atoms with Gasteiger partial charge in [0.15, 0.2) is 0 Å². The Labute approximate surface area is 156 Å². The van der Waals surface area contributed by atoms with Gasteiger partial charge in [0.2, 0.25) is 0 Å². The number of aliphatic hydroxyl groups excluding tert-OH is 2. The number of rotatable bonds is 6. The van der Waals surface area contributed by atoms with E-state index < -0.39 is 11.9 Å². The van der Waals surface area contributed by atoms with Crippen molar-refractivity contribution in [3.05, 3.63) is 47.0 Å². The minimum atomic E-state index is -0.895. The molecular formula is C18H22ClFN4O2. The number of nitrogens with one attached hydrogen (secondary N) is 1. The lowest BCUT2D eigenvalue weighted by molar-refractivity contribution is 0.191. The van der Waals surface area contributed by atoms with Crippen molar-refractivity contribution in [1.29, 1.82) is 0 Å². The Hall–Kier alpha value is -1.96. The van der Waals surface area contributed by atoms with Crippen LogP contribution in [-0.4, -0.2) is 46.4 Å². The SMILES string of the molecule is OCC1CCCN(c2cc(NCC(O)c3ccc(Cl)c(F)c3)ncn2)C1. The van der Waals surface area contributed by atoms with Crippen LogP contribution in [0.1, 0.15) is 24.5 Å². The van der Waals surface area contributed by atoms with E-state index in [0.29, 0.717) is 11.4 Å². The fourth-order valence-corrected chi connectivity index (χ4v) is 3.20. The standard InChI is InChI=1S/C18H22ClFN4O2/c19-14-4-3-13(6-15(14)20)16(26)8-21-17-7-18(23-11-22-17)24-5-1-2-12(9-24)10-25/h3-4,6-7,11-12,16,25-26H,1-2,5,8-10H2,(H,21,22,23). The zero-order chi connectivity index (χ0) is 18.5. The topological polar surface area (TPSA) is 81.5 Å². The number of hydrogen-bond donors (Lipinski definition) is 3. The first kappa shape index (κ1) is 18.8. The summed E-state index contributed by atoms with van der Waals surface area (Å²) in [4.78, 5) is 10.6. The zero-order valence-electron chi connectivity index (χ0n) is 14.3. The third-order valence-electron chi connectivity index (χ3n) is 4.56. The summed E-state index contributed by atoms with van der Waals surface area (Å²) in [5.74, 6) is 1.06. The van der Waals surface area contributed by atoms with Crippen LogP contribution in [0.5, 0.6) is 0 Å². The van der Waals surface area contributed by atoms with Crippen LogP contribution in [-0.2, 0) is 0 Å². The summed E-state index contributed by atoms with van der Waals surface area (Å²) in [6.45, 7) is 2.01. The zero-order valence-corrected chi connectivity index (χ0v) is 15.0. The summed E-state index contributed by atoms with van der Waals surface area (Å²) in [6, 6.07) is 6.05. The van der Waals surface area contributed by atoms with Crippen molar-refractivity contribution in [2.45, 2.75) is 18.9 Å². The number of halogens is 2. The second-order valence-corrected chi connectivity index (χ2v) is 6.88. The van der Waals surface area contributed by atoms with Gasteiger partial charge in [0.25, 0.3) is 0 Å². The van der Waals surface area contributed by atoms with Gasteiger partial charge in [-0.3, -0.25) is 0 Å². The minimum Gasteiger partial charge on any atom is -0.396 e. The molecule has 0 saturated carbocycles. The average molecular weight is 381 g/mol. The highest BCUT2D eigenvalue weighted by atomic mass is 35.5. The summed E-state index contributed by atoms with van der Waals surface area (Å²) in [5, 5.41) is 22.7. The fourth-order valence-electron chi connectivity index (χ4n) is 3.08. The number of hydrogen-bond acceptors (Lipinski definition) is 6. The molecule has 3 N–H and O–H groups in total. The largest absolute Gasteiger partial charge is 0.396 e. The van der Waals surface area contributed by atoms with Gasteiger partial charge in [-0.05, 0) is 36.5 Å². The predicted molar refractivity (Wildman–Crippen MR) is 98.9 cm³/mol. The Morgan fingerprint density at radius 2 is 2.19 bits per heavy atom. The van der Waals surface area contributed by atoms with Crippen LogP contribution in [0.2, 0.25) is 5.02 Å². The Bertz CT molecular complexity index is 749. The highest BCUT2D eigenvalue weighted by molar-refractivity contribution is 6.30. The smallest absolute Gasteiger partial charge is 0.142 e. The Kier molecular flexibility index (Phi) is 6.24. The second kappa shape index (κ2) is 8.62. The van der Waals surface area contributed by atoms with Crippen molar-refractivity contribution < 1.29 is 14.6 Å². The summed E-state index contributed by atoms with van der Waals surface area (Å²) in [6.07, 6.45) is 2.61. The molecule has 26 heavy (non-hydrogen) atoms. The third kappa shape index (κ3) is 4.60. The van der Waals surface area contributed by atoms with Crippen LogP contribution >= 0.6 is 11.6 Å². The molecule has 0 aliphatic carbocycles. The lowest BCUT2D eigenvalue weighted by Gasteiger charge is -2.32. The van der Waals surface area contributed by atoms with Crippen LogP contribution in [0.25, 0.3) is 0 Å². The van der Waals surface area contributed by atoms with E-state index in [0.717, 1.165) is 31.7 Å². The molecule has 0 bridgehead atoms. The molecule has 2 aromatic rings. The lowest BCUT2D eigenvalue weighted by atomic mass is 9.99. The van der Waals surface area contributed by atoms with Crippen LogP contribution in [0.4, 0.5) is 16.0 Å². The van der Waals surface area contributed by atoms with Gasteiger partial charge in [-0.25, -0.2) is 14.4 Å². The highest BCUT2D eigenvalue weighted by Gasteiger charge is 2.20. The second-order valence-electron chi connectivity index (χ2n) is 6.47. The van der Waals surface area contributed by atoms with E-state index in [4.69, 9.17) is 11.6 Å². The molecule has 1 aromatic carbocycles. The Balaban J connectivity index is 1.62. The number of aromatic nitrogens is 2. The first-order valence-corrected chi connectivity index (χ1v) is 8.99. The van der Waals surface area contributed by atoms with E-state index in [2.05, 4.69) is 20.2 Å². The first-order chi connectivity index (χ1) is 12.6. The molecule has 1 fully saturated rings. The van der Waals surface area contributed by atoms with Crippen molar-refractivity contribution in [3.8, 4) is 0 Å². The van der Waals surface area contributed by atoms with Crippen LogP contribution in [0, 0.1) is 11.7 Å². The molecule has 1 aliphatic rings. The molecule has 3 rings (SSSR count). The van der Waals surface area contributed by atoms with Gasteiger partial charge in [0.1, 0.15) is 23.8 Å². The molecule has 0 spiro atoms. The molecule has 2 unspecified atom stereocenters. The summed E-state index contributed by atoms with van der Waals surface area (Å²) in [5.41, 5.74) is 0.440. The van der Waals surface area contributed by atoms with Crippen molar-refractivity contribution in [3.63, 3.8) is 0 Å². The van der Waals surface area contributed by atoms with Crippen LogP contribution < -0.4 is 10.2 Å². The molecule has 8 heteroatoms. The molecule has 0 radical (unpaired) electrons. The van der Waals surface area contributed by atoms with E-state index in [1.807, 2.05) is 6.07 Å². The molecule has 0 amide bonds. The molecule has 140 valence electrons. The third-order valence-corrected chi connectivity index (χ3v) is 4.87. The molecule has 6 nitrogen and oxygen atoms in total. The summed E-state index contributed by atoms with van der Waals surface area (Å²) >= 11 is 5.66. The maximum atomic E-state index is 13.5. The Morgan fingerprint density at radius 3 is 2.96 bits per heavy atom. The molecule has 2 atom stereocenters. The van der Waals surface area contributed by atoms with Gasteiger partial charge in [-0.2, -0.15) is 0 Å². The van der Waals surface area contributed by atoms with Gasteiger partial charge in [-0.1, -0.05) is 17.7 Å². The van der Waals surface area contributed by atoms with Gasteiger partial charge in [0, 0.05) is 32.3 Å². The molecule has 1 saturated heterocycles. The summed E-state index contributed by atoms with van der Waals surface area (Å²) in [7, 11) is 0. The average Bonchev–Trinajstić information content (AvgIpc) is 2.68. The molecular weight excluding hydrogens is 359 g/mol. The van der Waals surface area contributed by atoms with Crippen molar-refractivity contribution in [1.82, 2.24) is 9.97 Å². The molecule has 1 aliphatic heterocycles. The monoisotopic (exact) mass is 380 g/mol. The first-order valence-electron chi connectivity index (χ1n) is 8.61. The fraction of sp³-hybridized carbons (Fsp3) is 0.444. The van der Waals surface area contributed by atoms with Crippen molar-refractivity contribution in [2.75, 3.05) is 36.5 Å². The molecule has 2 heterocycles. The van der Waals surface area contributed by atoms with E-state index in [9.17, 15) is 14.6 Å². The van der Waals surface area contributed by atoms with Gasteiger partial charge in [-0.15, -0.1) is 0 Å². The predicted octanol–water partition coefficient (Wildman–Crippen LogP) is 2.62. The van der Waals surface area contributed by atoms with E-state index in [-0.39, 0.29) is 24.1 Å². The normalized spacial score (nSPS) is 18.6. The van der Waals surface area contributed by atoms with Gasteiger partial charge >= 0.3 is 0 Å². The minimum absolute atomic E-state index is 0.0251. The van der Waals surface area contributed by atoms with Gasteiger partial charge in [0.05, 0.1) is 11.1 Å². The number of benzene rings is 1. The van der Waals surface area contributed by atoms with E-state index in [1.54, 1.807) is 6.07 Å². The number of aliphatic hydroxyl groups is 2. The Morgan fingerprint density at radius 1 is 1.35 bits per heavy atom. The van der Waals surface area contributed by atoms with E-state index >= 15 is 0 Å².